The van der Waals surface area contributed by atoms with E-state index < -0.39 is 0 Å². The van der Waals surface area contributed by atoms with Gasteiger partial charge in [-0.2, -0.15) is 4.98 Å². The van der Waals surface area contributed by atoms with Gasteiger partial charge in [0, 0.05) is 29.4 Å². The van der Waals surface area contributed by atoms with Crippen molar-refractivity contribution in [3.63, 3.8) is 0 Å². The highest BCUT2D eigenvalue weighted by molar-refractivity contribution is 7.99. The predicted octanol–water partition coefficient (Wildman–Crippen LogP) is 4.21. The molecule has 1 aliphatic rings. The van der Waals surface area contributed by atoms with E-state index in [1.54, 1.807) is 24.2 Å². The van der Waals surface area contributed by atoms with Crippen LogP contribution < -0.4 is 0 Å². The van der Waals surface area contributed by atoms with E-state index in [-0.39, 0.29) is 10.7 Å². The Bertz CT molecular complexity index is 894. The van der Waals surface area contributed by atoms with Gasteiger partial charge in [0.15, 0.2) is 16.8 Å². The Kier molecular flexibility index (Phi) is 4.30. The normalized spacial score (nSPS) is 16.0. The summed E-state index contributed by atoms with van der Waals surface area (Å²) in [5.41, 5.74) is 0.904. The van der Waals surface area contributed by atoms with Gasteiger partial charge < -0.3 is 4.52 Å². The second-order valence-electron chi connectivity index (χ2n) is 7.61. The zero-order valence-electron chi connectivity index (χ0n) is 15.4. The molecule has 4 rings (SSSR count). The van der Waals surface area contributed by atoms with Crippen molar-refractivity contribution >= 4 is 11.8 Å². The number of nitrogens with zero attached hydrogens (tertiary/aromatic N) is 6. The van der Waals surface area contributed by atoms with Crippen LogP contribution in [0.4, 0.5) is 0 Å². The zero-order chi connectivity index (χ0) is 18.3. The van der Waals surface area contributed by atoms with E-state index in [0.717, 1.165) is 35.2 Å². The summed E-state index contributed by atoms with van der Waals surface area (Å²) in [5, 5.41) is 13.9. The van der Waals surface area contributed by atoms with Crippen LogP contribution in [-0.2, 0) is 5.41 Å². The van der Waals surface area contributed by atoms with Gasteiger partial charge in [0.1, 0.15) is 0 Å². The minimum Gasteiger partial charge on any atom is -0.338 e. The molecule has 0 saturated heterocycles. The quantitative estimate of drug-likeness (QED) is 0.622. The average Bonchev–Trinajstić information content (AvgIpc) is 3.16. The van der Waals surface area contributed by atoms with E-state index in [9.17, 15) is 0 Å². The van der Waals surface area contributed by atoms with Gasteiger partial charge in [-0.05, 0) is 31.9 Å². The summed E-state index contributed by atoms with van der Waals surface area (Å²) in [6, 6.07) is 4.40. The van der Waals surface area contributed by atoms with Crippen LogP contribution in [0.15, 0.2) is 34.2 Å². The van der Waals surface area contributed by atoms with Crippen LogP contribution in [0.5, 0.6) is 0 Å². The van der Waals surface area contributed by atoms with Crippen molar-refractivity contribution in [1.29, 1.82) is 0 Å². The molecule has 1 saturated carbocycles. The minimum atomic E-state index is -0.130. The van der Waals surface area contributed by atoms with Crippen molar-refractivity contribution in [2.24, 2.45) is 0 Å². The van der Waals surface area contributed by atoms with Gasteiger partial charge in [-0.15, -0.1) is 10.2 Å². The van der Waals surface area contributed by atoms with E-state index in [0.29, 0.717) is 11.9 Å². The zero-order valence-corrected chi connectivity index (χ0v) is 16.2. The topological polar surface area (TPSA) is 82.5 Å². The second kappa shape index (κ2) is 6.50. The van der Waals surface area contributed by atoms with Gasteiger partial charge in [0.25, 0.3) is 0 Å². The largest absolute Gasteiger partial charge is 0.338 e. The Labute approximate surface area is 156 Å². The molecule has 3 aromatic heterocycles. The van der Waals surface area contributed by atoms with Gasteiger partial charge in [0.2, 0.25) is 5.89 Å². The third-order valence-corrected chi connectivity index (χ3v) is 5.30. The lowest BCUT2D eigenvalue weighted by molar-refractivity contribution is 0.364. The molecule has 0 bridgehead atoms. The van der Waals surface area contributed by atoms with Crippen molar-refractivity contribution in [3.8, 4) is 11.4 Å². The molecular weight excluding hydrogens is 348 g/mol. The van der Waals surface area contributed by atoms with Crippen LogP contribution in [0.1, 0.15) is 63.5 Å². The van der Waals surface area contributed by atoms with Crippen molar-refractivity contribution in [3.05, 3.63) is 36.2 Å². The lowest BCUT2D eigenvalue weighted by atomic mass is 9.96. The predicted molar refractivity (Wildman–Crippen MR) is 98.8 cm³/mol. The fourth-order valence-electron chi connectivity index (χ4n) is 2.63. The van der Waals surface area contributed by atoms with Crippen molar-refractivity contribution in [1.82, 2.24) is 29.9 Å². The van der Waals surface area contributed by atoms with Gasteiger partial charge in [-0.25, -0.2) is 0 Å². The Morgan fingerprint density at radius 1 is 1.19 bits per heavy atom. The number of pyridine rings is 1. The smallest absolute Gasteiger partial charge is 0.239 e. The molecule has 1 fully saturated rings. The summed E-state index contributed by atoms with van der Waals surface area (Å²) in [5.74, 6) is 2.24. The molecule has 3 aromatic rings. The molecule has 0 amide bonds. The van der Waals surface area contributed by atoms with Crippen molar-refractivity contribution in [2.75, 3.05) is 0 Å². The molecule has 1 unspecified atom stereocenters. The van der Waals surface area contributed by atoms with Gasteiger partial charge in [0.05, 0.1) is 5.25 Å². The fourth-order valence-corrected chi connectivity index (χ4v) is 3.58. The molecule has 136 valence electrons. The highest BCUT2D eigenvalue weighted by atomic mass is 32.2. The maximum absolute atomic E-state index is 5.48. The number of hydrogen-bond donors (Lipinski definition) is 0. The summed E-state index contributed by atoms with van der Waals surface area (Å²) < 4.78 is 7.72. The van der Waals surface area contributed by atoms with Crippen LogP contribution >= 0.6 is 11.8 Å². The highest BCUT2D eigenvalue weighted by Crippen LogP contribution is 2.43. The Morgan fingerprint density at radius 2 is 1.92 bits per heavy atom. The molecule has 1 aliphatic carbocycles. The maximum atomic E-state index is 5.48. The van der Waals surface area contributed by atoms with Crippen LogP contribution in [0, 0.1) is 0 Å². The summed E-state index contributed by atoms with van der Waals surface area (Å²) in [6.07, 6.45) is 5.88. The van der Waals surface area contributed by atoms with E-state index in [2.05, 4.69) is 57.6 Å². The fraction of sp³-hybridized carbons (Fsp3) is 0.500. The maximum Gasteiger partial charge on any atom is 0.239 e. The molecule has 1 atom stereocenters. The summed E-state index contributed by atoms with van der Waals surface area (Å²) in [6.45, 7) is 8.28. The first-order chi connectivity index (χ1) is 12.4. The third kappa shape index (κ3) is 3.38. The highest BCUT2D eigenvalue weighted by Gasteiger charge is 2.32. The Morgan fingerprint density at radius 3 is 2.54 bits per heavy atom. The van der Waals surface area contributed by atoms with Crippen LogP contribution in [0.2, 0.25) is 0 Å². The standard InChI is InChI=1S/C18H22N6OS/c1-11(15-20-16(23-25-15)18(2,3)4)26-17-22-21-14(24(17)13-5-6-13)12-7-9-19-10-8-12/h7-11,13H,5-6H2,1-4H3. The van der Waals surface area contributed by atoms with E-state index in [4.69, 9.17) is 4.52 Å². The number of hydrogen-bond acceptors (Lipinski definition) is 7. The van der Waals surface area contributed by atoms with Gasteiger partial charge >= 0.3 is 0 Å². The second-order valence-corrected chi connectivity index (χ2v) is 8.92. The lowest BCUT2D eigenvalue weighted by Crippen LogP contribution is -2.13. The third-order valence-electron chi connectivity index (χ3n) is 4.26. The molecule has 26 heavy (non-hydrogen) atoms. The van der Waals surface area contributed by atoms with Crippen LogP contribution in [0.3, 0.4) is 0 Å². The van der Waals surface area contributed by atoms with Gasteiger partial charge in [-0.1, -0.05) is 37.7 Å². The summed E-state index contributed by atoms with van der Waals surface area (Å²) in [4.78, 5) is 8.66. The number of aromatic nitrogens is 6. The lowest BCUT2D eigenvalue weighted by Gasteiger charge is -2.12. The Hall–Kier alpha value is -2.22. The molecule has 8 heteroatoms. The summed E-state index contributed by atoms with van der Waals surface area (Å²) >= 11 is 1.61. The minimum absolute atomic E-state index is 0.00518. The number of thioether (sulfide) groups is 1. The molecular formula is C18H22N6OS. The first-order valence-corrected chi connectivity index (χ1v) is 9.67. The molecule has 3 heterocycles. The molecule has 7 nitrogen and oxygen atoms in total. The van der Waals surface area contributed by atoms with Crippen LogP contribution in [0.25, 0.3) is 11.4 Å². The summed E-state index contributed by atoms with van der Waals surface area (Å²) in [7, 11) is 0. The molecule has 0 aliphatic heterocycles. The van der Waals surface area contributed by atoms with E-state index in [1.165, 1.54) is 0 Å². The molecule has 0 aromatic carbocycles. The van der Waals surface area contributed by atoms with Crippen LogP contribution in [-0.4, -0.2) is 29.9 Å². The number of rotatable bonds is 5. The van der Waals surface area contributed by atoms with Gasteiger partial charge in [-0.3, -0.25) is 9.55 Å². The monoisotopic (exact) mass is 370 g/mol. The van der Waals surface area contributed by atoms with E-state index >= 15 is 0 Å². The molecule has 0 N–H and O–H groups in total. The van der Waals surface area contributed by atoms with Crippen molar-refractivity contribution < 1.29 is 4.52 Å². The molecule has 0 spiro atoms. The SMILES string of the molecule is CC(Sc1nnc(-c2ccncc2)n1C1CC1)c1nc(C(C)(C)C)no1. The molecule has 0 radical (unpaired) electrons. The first-order valence-electron chi connectivity index (χ1n) is 8.79. The van der Waals surface area contributed by atoms with E-state index in [1.807, 2.05) is 12.1 Å². The Balaban J connectivity index is 1.60. The average molecular weight is 370 g/mol. The first kappa shape index (κ1) is 17.2. The van der Waals surface area contributed by atoms with Crippen molar-refractivity contribution in [2.45, 2.75) is 62.4 Å².